The molecule has 0 spiro atoms. The standard InChI is InChI=1S/C13H19N3O2/c1-10(13(14)18)15-6-8-16(9-7-15)11-4-2-3-5-12(11)17/h2-5,10,17H,6-9H2,1H3,(H2,14,18)/p+1/t10-/m1/s1. The summed E-state index contributed by atoms with van der Waals surface area (Å²) in [6.45, 7) is 5.24. The van der Waals surface area contributed by atoms with Crippen LogP contribution < -0.4 is 15.5 Å². The summed E-state index contributed by atoms with van der Waals surface area (Å²) in [4.78, 5) is 14.5. The van der Waals surface area contributed by atoms with E-state index in [-0.39, 0.29) is 11.9 Å². The number of hydrogen-bond donors (Lipinski definition) is 3. The molecule has 0 radical (unpaired) electrons. The van der Waals surface area contributed by atoms with Gasteiger partial charge in [0.25, 0.3) is 5.91 Å². The van der Waals surface area contributed by atoms with Gasteiger partial charge >= 0.3 is 0 Å². The van der Waals surface area contributed by atoms with Crippen LogP contribution in [-0.4, -0.2) is 43.2 Å². The lowest BCUT2D eigenvalue weighted by atomic mass is 10.2. The smallest absolute Gasteiger partial charge is 0.275 e. The number of primary amides is 1. The zero-order valence-corrected chi connectivity index (χ0v) is 10.6. The Morgan fingerprint density at radius 3 is 2.56 bits per heavy atom. The summed E-state index contributed by atoms with van der Waals surface area (Å²) in [5, 5.41) is 9.80. The maximum atomic E-state index is 11.2. The molecular weight excluding hydrogens is 230 g/mol. The fourth-order valence-corrected chi connectivity index (χ4v) is 2.40. The van der Waals surface area contributed by atoms with Gasteiger partial charge in [-0.1, -0.05) is 12.1 Å². The number of quaternary nitrogens is 1. The Balaban J connectivity index is 1.99. The maximum absolute atomic E-state index is 11.2. The molecule has 1 fully saturated rings. The van der Waals surface area contributed by atoms with Gasteiger partial charge in [0.15, 0.2) is 6.04 Å². The highest BCUT2D eigenvalue weighted by molar-refractivity contribution is 5.77. The van der Waals surface area contributed by atoms with Crippen molar-refractivity contribution in [2.75, 3.05) is 31.1 Å². The Bertz CT molecular complexity index is 428. The molecule has 5 heteroatoms. The summed E-state index contributed by atoms with van der Waals surface area (Å²) in [5.41, 5.74) is 6.19. The molecular formula is C13H20N3O2+. The number of para-hydroxylation sites is 2. The van der Waals surface area contributed by atoms with Gasteiger partial charge < -0.3 is 20.6 Å². The second kappa shape index (κ2) is 5.27. The van der Waals surface area contributed by atoms with Crippen LogP contribution in [0.15, 0.2) is 24.3 Å². The first-order valence-electron chi connectivity index (χ1n) is 6.26. The number of nitrogens with two attached hydrogens (primary N) is 1. The Morgan fingerprint density at radius 2 is 2.00 bits per heavy atom. The highest BCUT2D eigenvalue weighted by atomic mass is 16.3. The number of carbonyl (C=O) groups excluding carboxylic acids is 1. The van der Waals surface area contributed by atoms with Crippen LogP contribution in [0.4, 0.5) is 5.69 Å². The third-order valence-electron chi connectivity index (χ3n) is 3.67. The topological polar surface area (TPSA) is 71.0 Å². The first-order valence-corrected chi connectivity index (χ1v) is 6.26. The summed E-state index contributed by atoms with van der Waals surface area (Å²) >= 11 is 0. The van der Waals surface area contributed by atoms with Crippen LogP contribution in [-0.2, 0) is 4.79 Å². The van der Waals surface area contributed by atoms with Crippen molar-refractivity contribution in [1.29, 1.82) is 0 Å². The number of aromatic hydroxyl groups is 1. The molecule has 1 aliphatic rings. The molecule has 1 amide bonds. The zero-order chi connectivity index (χ0) is 13.1. The number of nitrogens with one attached hydrogen (secondary N) is 1. The molecule has 0 aliphatic carbocycles. The van der Waals surface area contributed by atoms with E-state index in [1.807, 2.05) is 25.1 Å². The van der Waals surface area contributed by atoms with Gasteiger partial charge in [0.2, 0.25) is 0 Å². The maximum Gasteiger partial charge on any atom is 0.275 e. The summed E-state index contributed by atoms with van der Waals surface area (Å²) in [5.74, 6) is 0.0601. The number of hydrogen-bond acceptors (Lipinski definition) is 3. The van der Waals surface area contributed by atoms with Crippen molar-refractivity contribution in [3.8, 4) is 5.75 Å². The minimum absolute atomic E-state index is 0.142. The van der Waals surface area contributed by atoms with Crippen molar-refractivity contribution < 1.29 is 14.8 Å². The lowest BCUT2D eigenvalue weighted by Gasteiger charge is -2.35. The molecule has 0 aromatic heterocycles. The van der Waals surface area contributed by atoms with E-state index in [1.54, 1.807) is 6.07 Å². The Labute approximate surface area is 107 Å². The van der Waals surface area contributed by atoms with Gasteiger partial charge in [0.1, 0.15) is 5.75 Å². The highest BCUT2D eigenvalue weighted by Crippen LogP contribution is 2.25. The van der Waals surface area contributed by atoms with Crippen LogP contribution in [0.1, 0.15) is 6.92 Å². The normalized spacial score (nSPS) is 18.6. The van der Waals surface area contributed by atoms with E-state index >= 15 is 0 Å². The van der Waals surface area contributed by atoms with Crippen molar-refractivity contribution in [2.45, 2.75) is 13.0 Å². The minimum Gasteiger partial charge on any atom is -0.506 e. The molecule has 1 aliphatic heterocycles. The molecule has 4 N–H and O–H groups in total. The quantitative estimate of drug-likeness (QED) is 0.642. The minimum atomic E-state index is -0.249. The first-order chi connectivity index (χ1) is 8.59. The van der Waals surface area contributed by atoms with E-state index in [0.29, 0.717) is 5.75 Å². The summed E-state index contributed by atoms with van der Waals surface area (Å²) in [6.07, 6.45) is 0. The van der Waals surface area contributed by atoms with Crippen LogP contribution in [0, 0.1) is 0 Å². The molecule has 5 nitrogen and oxygen atoms in total. The number of nitrogens with zero attached hydrogens (tertiary/aromatic N) is 1. The molecule has 1 aromatic rings. The monoisotopic (exact) mass is 250 g/mol. The molecule has 2 rings (SSSR count). The summed E-state index contributed by atoms with van der Waals surface area (Å²) < 4.78 is 0. The van der Waals surface area contributed by atoms with Crippen molar-refractivity contribution in [3.63, 3.8) is 0 Å². The lowest BCUT2D eigenvalue weighted by Crippen LogP contribution is -3.19. The molecule has 1 heterocycles. The number of amides is 1. The molecule has 1 atom stereocenters. The van der Waals surface area contributed by atoms with Crippen LogP contribution in [0.2, 0.25) is 0 Å². The van der Waals surface area contributed by atoms with Crippen LogP contribution in [0.3, 0.4) is 0 Å². The number of anilines is 1. The van der Waals surface area contributed by atoms with E-state index < -0.39 is 0 Å². The Morgan fingerprint density at radius 1 is 1.39 bits per heavy atom. The number of carbonyl (C=O) groups is 1. The third-order valence-corrected chi connectivity index (χ3v) is 3.67. The zero-order valence-electron chi connectivity index (χ0n) is 10.6. The molecule has 1 aromatic carbocycles. The van der Waals surface area contributed by atoms with E-state index in [0.717, 1.165) is 31.9 Å². The lowest BCUT2D eigenvalue weighted by molar-refractivity contribution is -0.914. The molecule has 0 unspecified atom stereocenters. The van der Waals surface area contributed by atoms with Gasteiger partial charge in [-0.05, 0) is 19.1 Å². The van der Waals surface area contributed by atoms with E-state index in [2.05, 4.69) is 4.90 Å². The third kappa shape index (κ3) is 2.56. The van der Waals surface area contributed by atoms with E-state index in [4.69, 9.17) is 5.73 Å². The van der Waals surface area contributed by atoms with Crippen molar-refractivity contribution >= 4 is 11.6 Å². The van der Waals surface area contributed by atoms with Crippen LogP contribution >= 0.6 is 0 Å². The van der Waals surface area contributed by atoms with Gasteiger partial charge in [0.05, 0.1) is 31.9 Å². The predicted molar refractivity (Wildman–Crippen MR) is 69.7 cm³/mol. The molecule has 0 bridgehead atoms. The fourth-order valence-electron chi connectivity index (χ4n) is 2.40. The average molecular weight is 250 g/mol. The largest absolute Gasteiger partial charge is 0.506 e. The van der Waals surface area contributed by atoms with E-state index in [1.165, 1.54) is 4.90 Å². The Kier molecular flexibility index (Phi) is 3.72. The summed E-state index contributed by atoms with van der Waals surface area (Å²) in [7, 11) is 0. The number of phenolic OH excluding ortho intramolecular Hbond substituents is 1. The predicted octanol–water partition coefficient (Wildman–Crippen LogP) is -1.03. The number of rotatable bonds is 3. The number of benzene rings is 1. The van der Waals surface area contributed by atoms with Crippen molar-refractivity contribution in [1.82, 2.24) is 0 Å². The van der Waals surface area contributed by atoms with Crippen molar-refractivity contribution in [3.05, 3.63) is 24.3 Å². The highest BCUT2D eigenvalue weighted by Gasteiger charge is 2.28. The van der Waals surface area contributed by atoms with Gasteiger partial charge in [-0.3, -0.25) is 4.79 Å². The molecule has 98 valence electrons. The number of piperazine rings is 1. The number of phenols is 1. The Hall–Kier alpha value is -1.75. The molecule has 18 heavy (non-hydrogen) atoms. The molecule has 0 saturated carbocycles. The summed E-state index contributed by atoms with van der Waals surface area (Å²) in [6, 6.07) is 7.20. The van der Waals surface area contributed by atoms with E-state index in [9.17, 15) is 9.90 Å². The van der Waals surface area contributed by atoms with Gasteiger partial charge in [-0.25, -0.2) is 0 Å². The molecule has 1 saturated heterocycles. The second-order valence-corrected chi connectivity index (χ2v) is 4.76. The van der Waals surface area contributed by atoms with Crippen LogP contribution in [0.5, 0.6) is 5.75 Å². The van der Waals surface area contributed by atoms with Gasteiger partial charge in [-0.15, -0.1) is 0 Å². The average Bonchev–Trinajstić information content (AvgIpc) is 2.38. The van der Waals surface area contributed by atoms with Gasteiger partial charge in [-0.2, -0.15) is 0 Å². The fraction of sp³-hybridized carbons (Fsp3) is 0.462. The second-order valence-electron chi connectivity index (χ2n) is 4.76. The first kappa shape index (κ1) is 12.7. The van der Waals surface area contributed by atoms with Gasteiger partial charge in [0, 0.05) is 0 Å². The van der Waals surface area contributed by atoms with Crippen molar-refractivity contribution in [2.24, 2.45) is 5.73 Å². The SMILES string of the molecule is C[C@H](C(N)=O)[NH+]1CCN(c2ccccc2O)CC1. The van der Waals surface area contributed by atoms with Crippen LogP contribution in [0.25, 0.3) is 0 Å².